The maximum Gasteiger partial charge on any atom is 0.259 e. The quantitative estimate of drug-likeness (QED) is 0.810. The molecule has 0 unspecified atom stereocenters. The molecule has 0 atom stereocenters. The Balaban J connectivity index is 0.00000220. The molecule has 21 heavy (non-hydrogen) atoms. The van der Waals surface area contributed by atoms with Gasteiger partial charge in [0.05, 0.1) is 12.7 Å². The largest absolute Gasteiger partial charge is 0.507 e. The summed E-state index contributed by atoms with van der Waals surface area (Å²) in [6.07, 6.45) is 0. The summed E-state index contributed by atoms with van der Waals surface area (Å²) < 4.78 is 5.04. The van der Waals surface area contributed by atoms with Gasteiger partial charge in [0.1, 0.15) is 11.5 Å². The van der Waals surface area contributed by atoms with Gasteiger partial charge >= 0.3 is 0 Å². The number of nitrogens with two attached hydrogens (primary N) is 1. The highest BCUT2D eigenvalue weighted by atomic mass is 35.5. The Morgan fingerprint density at radius 2 is 1.90 bits per heavy atom. The Morgan fingerprint density at radius 3 is 2.48 bits per heavy atom. The van der Waals surface area contributed by atoms with Crippen LogP contribution in [0.4, 0.5) is 5.69 Å². The summed E-state index contributed by atoms with van der Waals surface area (Å²) in [5.74, 6) is 0.00945. The first kappa shape index (κ1) is 16.8. The monoisotopic (exact) mass is 308 g/mol. The van der Waals surface area contributed by atoms with E-state index in [1.807, 2.05) is 12.1 Å². The highest BCUT2D eigenvalue weighted by Crippen LogP contribution is 2.24. The van der Waals surface area contributed by atoms with Crippen LogP contribution in [0.15, 0.2) is 42.5 Å². The maximum atomic E-state index is 12.1. The number of phenolic OH excluding ortho intramolecular Hbond substituents is 1. The van der Waals surface area contributed by atoms with E-state index in [1.54, 1.807) is 18.2 Å². The van der Waals surface area contributed by atoms with Crippen LogP contribution in [-0.2, 0) is 6.54 Å². The number of amides is 1. The molecule has 0 saturated heterocycles. The molecule has 0 aliphatic carbocycles. The number of phenols is 1. The Kier molecular flexibility index (Phi) is 6.02. The molecular formula is C15H17ClN2O3. The normalized spacial score (nSPS) is 9.62. The van der Waals surface area contributed by atoms with Gasteiger partial charge in [0.25, 0.3) is 5.91 Å². The van der Waals surface area contributed by atoms with Gasteiger partial charge in [-0.25, -0.2) is 0 Å². The Labute approximate surface area is 129 Å². The zero-order valence-corrected chi connectivity index (χ0v) is 12.3. The van der Waals surface area contributed by atoms with E-state index in [9.17, 15) is 9.90 Å². The molecule has 5 nitrogen and oxygen atoms in total. The Bertz CT molecular complexity index is 615. The summed E-state index contributed by atoms with van der Waals surface area (Å²) in [5, 5.41) is 12.4. The summed E-state index contributed by atoms with van der Waals surface area (Å²) in [7, 11) is 1.50. The number of halogens is 1. The van der Waals surface area contributed by atoms with Crippen molar-refractivity contribution in [2.45, 2.75) is 6.54 Å². The van der Waals surface area contributed by atoms with Gasteiger partial charge in [-0.3, -0.25) is 4.79 Å². The highest BCUT2D eigenvalue weighted by molar-refractivity contribution is 6.06. The number of benzene rings is 2. The van der Waals surface area contributed by atoms with Gasteiger partial charge in [0.15, 0.2) is 0 Å². The van der Waals surface area contributed by atoms with Crippen LogP contribution in [0.25, 0.3) is 0 Å². The van der Waals surface area contributed by atoms with Gasteiger partial charge in [-0.05, 0) is 35.9 Å². The standard InChI is InChI=1S/C15H16N2O3.ClH/c1-20-12-6-7-14(18)13(8-12)15(19)17-11-4-2-10(9-16)3-5-11;/h2-8,18H,9,16H2,1H3,(H,17,19);1H. The van der Waals surface area contributed by atoms with Crippen molar-refractivity contribution in [3.05, 3.63) is 53.6 Å². The fourth-order valence-electron chi connectivity index (χ4n) is 1.75. The number of hydrogen-bond donors (Lipinski definition) is 3. The first-order valence-electron chi connectivity index (χ1n) is 6.11. The molecule has 4 N–H and O–H groups in total. The lowest BCUT2D eigenvalue weighted by molar-refractivity contribution is 0.102. The molecule has 0 aliphatic heterocycles. The highest BCUT2D eigenvalue weighted by Gasteiger charge is 2.12. The molecule has 1 amide bonds. The zero-order valence-electron chi connectivity index (χ0n) is 11.5. The fourth-order valence-corrected chi connectivity index (χ4v) is 1.75. The zero-order chi connectivity index (χ0) is 14.5. The van der Waals surface area contributed by atoms with Gasteiger partial charge in [-0.15, -0.1) is 12.4 Å². The van der Waals surface area contributed by atoms with Crippen molar-refractivity contribution in [1.82, 2.24) is 0 Å². The summed E-state index contributed by atoms with van der Waals surface area (Å²) in [6.45, 7) is 0.449. The lowest BCUT2D eigenvalue weighted by Crippen LogP contribution is -2.12. The second kappa shape index (κ2) is 7.52. The molecule has 6 heteroatoms. The van der Waals surface area contributed by atoms with Crippen LogP contribution in [0.1, 0.15) is 15.9 Å². The first-order chi connectivity index (χ1) is 9.63. The summed E-state index contributed by atoms with van der Waals surface area (Å²) in [4.78, 5) is 12.1. The van der Waals surface area contributed by atoms with Crippen molar-refractivity contribution in [2.24, 2.45) is 5.73 Å². The third-order valence-electron chi connectivity index (χ3n) is 2.90. The molecule has 0 bridgehead atoms. The Morgan fingerprint density at radius 1 is 1.24 bits per heavy atom. The van der Waals surface area contributed by atoms with Gasteiger partial charge in [0, 0.05) is 12.2 Å². The van der Waals surface area contributed by atoms with E-state index >= 15 is 0 Å². The van der Waals surface area contributed by atoms with Crippen LogP contribution in [0, 0.1) is 0 Å². The molecule has 0 saturated carbocycles. The SMILES string of the molecule is COc1ccc(O)c(C(=O)Nc2ccc(CN)cc2)c1.Cl. The van der Waals surface area contributed by atoms with Crippen LogP contribution in [0.2, 0.25) is 0 Å². The van der Waals surface area contributed by atoms with E-state index in [-0.39, 0.29) is 23.7 Å². The number of ether oxygens (including phenoxy) is 1. The van der Waals surface area contributed by atoms with Crippen molar-refractivity contribution in [2.75, 3.05) is 12.4 Å². The van der Waals surface area contributed by atoms with E-state index in [2.05, 4.69) is 5.32 Å². The van der Waals surface area contributed by atoms with Gasteiger partial charge < -0.3 is 20.9 Å². The third-order valence-corrected chi connectivity index (χ3v) is 2.90. The van der Waals surface area contributed by atoms with Gasteiger partial charge in [-0.2, -0.15) is 0 Å². The molecule has 2 aromatic rings. The summed E-state index contributed by atoms with van der Waals surface area (Å²) in [6, 6.07) is 11.7. The average molecular weight is 309 g/mol. The van der Waals surface area contributed by atoms with Crippen molar-refractivity contribution < 1.29 is 14.6 Å². The van der Waals surface area contributed by atoms with Crippen molar-refractivity contribution in [3.63, 3.8) is 0 Å². The van der Waals surface area contributed by atoms with E-state index in [0.29, 0.717) is 18.0 Å². The third kappa shape index (κ3) is 4.11. The molecule has 0 spiro atoms. The molecule has 0 aromatic heterocycles. The predicted octanol–water partition coefficient (Wildman–Crippen LogP) is 2.53. The summed E-state index contributed by atoms with van der Waals surface area (Å²) in [5.41, 5.74) is 7.28. The van der Waals surface area contributed by atoms with Crippen molar-refractivity contribution >= 4 is 24.0 Å². The van der Waals surface area contributed by atoms with E-state index in [1.165, 1.54) is 19.2 Å². The lowest BCUT2D eigenvalue weighted by atomic mass is 10.1. The van der Waals surface area contributed by atoms with Crippen LogP contribution < -0.4 is 15.8 Å². The maximum absolute atomic E-state index is 12.1. The molecule has 112 valence electrons. The molecule has 0 radical (unpaired) electrons. The van der Waals surface area contributed by atoms with E-state index in [4.69, 9.17) is 10.5 Å². The van der Waals surface area contributed by atoms with Gasteiger partial charge in [0.2, 0.25) is 0 Å². The van der Waals surface area contributed by atoms with Crippen LogP contribution in [0.3, 0.4) is 0 Å². The minimum atomic E-state index is -0.401. The Hall–Kier alpha value is -2.24. The van der Waals surface area contributed by atoms with E-state index in [0.717, 1.165) is 5.56 Å². The second-order valence-corrected chi connectivity index (χ2v) is 4.24. The smallest absolute Gasteiger partial charge is 0.259 e. The van der Waals surface area contributed by atoms with Crippen LogP contribution >= 0.6 is 12.4 Å². The number of methoxy groups -OCH3 is 1. The summed E-state index contributed by atoms with van der Waals surface area (Å²) >= 11 is 0. The van der Waals surface area contributed by atoms with Crippen molar-refractivity contribution in [3.8, 4) is 11.5 Å². The fraction of sp³-hybridized carbons (Fsp3) is 0.133. The molecule has 0 fully saturated rings. The molecule has 2 aromatic carbocycles. The minimum absolute atomic E-state index is 0. The van der Waals surface area contributed by atoms with Crippen LogP contribution in [0.5, 0.6) is 11.5 Å². The topological polar surface area (TPSA) is 84.6 Å². The second-order valence-electron chi connectivity index (χ2n) is 4.24. The van der Waals surface area contributed by atoms with Crippen LogP contribution in [-0.4, -0.2) is 18.1 Å². The van der Waals surface area contributed by atoms with E-state index < -0.39 is 5.91 Å². The number of anilines is 1. The first-order valence-corrected chi connectivity index (χ1v) is 6.11. The number of carbonyl (C=O) groups is 1. The number of aromatic hydroxyl groups is 1. The lowest BCUT2D eigenvalue weighted by Gasteiger charge is -2.09. The predicted molar refractivity (Wildman–Crippen MR) is 84.2 cm³/mol. The average Bonchev–Trinajstić information content (AvgIpc) is 2.48. The molecule has 0 aliphatic rings. The number of nitrogens with one attached hydrogen (secondary N) is 1. The molecular weight excluding hydrogens is 292 g/mol. The number of rotatable bonds is 4. The van der Waals surface area contributed by atoms with Gasteiger partial charge in [-0.1, -0.05) is 12.1 Å². The minimum Gasteiger partial charge on any atom is -0.507 e. The van der Waals surface area contributed by atoms with Crippen molar-refractivity contribution in [1.29, 1.82) is 0 Å². The molecule has 2 rings (SSSR count). The number of carbonyl (C=O) groups excluding carboxylic acids is 1. The molecule has 0 heterocycles. The number of hydrogen-bond acceptors (Lipinski definition) is 4.